The van der Waals surface area contributed by atoms with Crippen LogP contribution in [0.25, 0.3) is 6.08 Å². The smallest absolute Gasteiger partial charge is 0.253 e. The third-order valence-corrected chi connectivity index (χ3v) is 3.97. The number of nitrogens with zero attached hydrogens (tertiary/aromatic N) is 2. The highest BCUT2D eigenvalue weighted by Gasteiger charge is 2.18. The van der Waals surface area contributed by atoms with Gasteiger partial charge in [-0.1, -0.05) is 24.3 Å². The number of hydrogen-bond donors (Lipinski definition) is 0. The molecule has 1 aromatic carbocycles. The fourth-order valence-corrected chi connectivity index (χ4v) is 2.60. The number of carbonyl (C=O) groups excluding carboxylic acids is 2. The van der Waals surface area contributed by atoms with Crippen molar-refractivity contribution in [3.8, 4) is 5.75 Å². The Bertz CT molecular complexity index is 828. The van der Waals surface area contributed by atoms with E-state index >= 15 is 0 Å². The summed E-state index contributed by atoms with van der Waals surface area (Å²) in [6.07, 6.45) is 11.4. The van der Waals surface area contributed by atoms with Crippen LogP contribution in [-0.4, -0.2) is 34.8 Å². The van der Waals surface area contributed by atoms with E-state index in [1.54, 1.807) is 18.3 Å². The van der Waals surface area contributed by atoms with E-state index in [-0.39, 0.29) is 11.8 Å². The number of ether oxygens (including phenoxy) is 1. The van der Waals surface area contributed by atoms with Crippen LogP contribution in [0.3, 0.4) is 0 Å². The van der Waals surface area contributed by atoms with Crippen LogP contribution in [0.15, 0.2) is 67.0 Å². The molecule has 2 amide bonds. The summed E-state index contributed by atoms with van der Waals surface area (Å²) in [6, 6.07) is 11.4. The van der Waals surface area contributed by atoms with Gasteiger partial charge >= 0.3 is 0 Å². The Balaban J connectivity index is 1.56. The number of benzene rings is 1. The van der Waals surface area contributed by atoms with Gasteiger partial charge in [-0.2, -0.15) is 0 Å². The van der Waals surface area contributed by atoms with Crippen LogP contribution in [0, 0.1) is 0 Å². The molecule has 2 aromatic rings. The van der Waals surface area contributed by atoms with Gasteiger partial charge in [0, 0.05) is 31.4 Å². The second kappa shape index (κ2) is 8.76. The lowest BCUT2D eigenvalue weighted by molar-refractivity contribution is -0.139. The number of amides is 2. The molecule has 0 fully saturated rings. The van der Waals surface area contributed by atoms with Crippen molar-refractivity contribution in [1.82, 2.24) is 9.88 Å². The molecular formula is C21H20N2O3. The van der Waals surface area contributed by atoms with Crippen molar-refractivity contribution >= 4 is 17.9 Å². The first kappa shape index (κ1) is 17.6. The van der Waals surface area contributed by atoms with Gasteiger partial charge in [-0.15, -0.1) is 0 Å². The summed E-state index contributed by atoms with van der Waals surface area (Å²) in [4.78, 5) is 29.2. The van der Waals surface area contributed by atoms with Crippen molar-refractivity contribution in [2.24, 2.45) is 0 Å². The summed E-state index contributed by atoms with van der Waals surface area (Å²) in [5.74, 6) is 0.168. The molecule has 26 heavy (non-hydrogen) atoms. The third-order valence-electron chi connectivity index (χ3n) is 3.97. The largest absolute Gasteiger partial charge is 0.493 e. The monoisotopic (exact) mass is 348 g/mol. The molecule has 0 saturated heterocycles. The number of aromatic nitrogens is 1. The van der Waals surface area contributed by atoms with Crippen LogP contribution in [0.1, 0.15) is 17.5 Å². The zero-order chi connectivity index (χ0) is 18.2. The van der Waals surface area contributed by atoms with Crippen molar-refractivity contribution in [3.63, 3.8) is 0 Å². The molecule has 0 saturated carbocycles. The van der Waals surface area contributed by atoms with Crippen LogP contribution in [-0.2, 0) is 16.0 Å². The fraction of sp³-hybridized carbons (Fsp3) is 0.190. The Labute approximate surface area is 152 Å². The predicted molar refractivity (Wildman–Crippen MR) is 99.4 cm³/mol. The first-order chi connectivity index (χ1) is 12.7. The summed E-state index contributed by atoms with van der Waals surface area (Å²) < 4.78 is 5.77. The average molecular weight is 348 g/mol. The minimum atomic E-state index is -0.303. The van der Waals surface area contributed by atoms with E-state index in [9.17, 15) is 9.59 Å². The molecule has 0 radical (unpaired) electrons. The van der Waals surface area contributed by atoms with Crippen molar-refractivity contribution in [2.75, 3.05) is 13.2 Å². The van der Waals surface area contributed by atoms with Crippen LogP contribution in [0.5, 0.6) is 5.75 Å². The molecule has 1 aromatic heterocycles. The molecule has 0 aliphatic carbocycles. The first-order valence-corrected chi connectivity index (χ1v) is 8.54. The summed E-state index contributed by atoms with van der Waals surface area (Å²) in [5, 5.41) is 0. The number of rotatable bonds is 6. The van der Waals surface area contributed by atoms with E-state index in [1.165, 1.54) is 17.1 Å². The minimum Gasteiger partial charge on any atom is -0.493 e. The molecule has 0 atom stereocenters. The standard InChI is InChI=1S/C21H20N2O3/c24-20-8-1-2-13-23(20)21(25)10-9-17-5-3-7-19(15-17)26-14-11-18-6-4-12-22-16-18/h1,3-10,12,15-16H,2,11,13-14H2/b10-9+. The van der Waals surface area contributed by atoms with Gasteiger partial charge < -0.3 is 4.74 Å². The van der Waals surface area contributed by atoms with E-state index in [1.807, 2.05) is 42.6 Å². The maximum absolute atomic E-state index is 12.1. The highest BCUT2D eigenvalue weighted by molar-refractivity contribution is 6.06. The maximum atomic E-state index is 12.1. The molecule has 0 unspecified atom stereocenters. The Morgan fingerprint density at radius 1 is 1.27 bits per heavy atom. The maximum Gasteiger partial charge on any atom is 0.253 e. The van der Waals surface area contributed by atoms with E-state index in [2.05, 4.69) is 4.98 Å². The van der Waals surface area contributed by atoms with E-state index in [0.717, 1.165) is 23.3 Å². The normalized spacial score (nSPS) is 14.0. The zero-order valence-corrected chi connectivity index (χ0v) is 14.4. The molecule has 1 aliphatic heterocycles. The highest BCUT2D eigenvalue weighted by Crippen LogP contribution is 2.15. The number of imide groups is 1. The molecule has 132 valence electrons. The topological polar surface area (TPSA) is 59.5 Å². The Hall–Kier alpha value is -3.21. The Kier molecular flexibility index (Phi) is 5.93. The van der Waals surface area contributed by atoms with E-state index in [4.69, 9.17) is 4.74 Å². The van der Waals surface area contributed by atoms with E-state index < -0.39 is 0 Å². The van der Waals surface area contributed by atoms with Crippen LogP contribution < -0.4 is 4.74 Å². The molecule has 5 nitrogen and oxygen atoms in total. The van der Waals surface area contributed by atoms with Gasteiger partial charge in [0.15, 0.2) is 0 Å². The van der Waals surface area contributed by atoms with Gasteiger partial charge in [0.25, 0.3) is 11.8 Å². The van der Waals surface area contributed by atoms with Crippen LogP contribution >= 0.6 is 0 Å². The third kappa shape index (κ3) is 4.89. The predicted octanol–water partition coefficient (Wildman–Crippen LogP) is 3.03. The lowest BCUT2D eigenvalue weighted by Crippen LogP contribution is -2.37. The van der Waals surface area contributed by atoms with Gasteiger partial charge in [-0.25, -0.2) is 0 Å². The Morgan fingerprint density at radius 3 is 3.00 bits per heavy atom. The second-order valence-electron chi connectivity index (χ2n) is 5.88. The quantitative estimate of drug-likeness (QED) is 0.753. The van der Waals surface area contributed by atoms with Gasteiger partial charge in [-0.05, 0) is 47.9 Å². The molecule has 3 rings (SSSR count). The minimum absolute atomic E-state index is 0.265. The molecule has 0 bridgehead atoms. The summed E-state index contributed by atoms with van der Waals surface area (Å²) in [6.45, 7) is 0.975. The molecule has 1 aliphatic rings. The number of pyridine rings is 1. The molecule has 0 spiro atoms. The van der Waals surface area contributed by atoms with Crippen molar-refractivity contribution < 1.29 is 14.3 Å². The second-order valence-corrected chi connectivity index (χ2v) is 5.88. The number of hydrogen-bond acceptors (Lipinski definition) is 4. The summed E-state index contributed by atoms with van der Waals surface area (Å²) >= 11 is 0. The average Bonchev–Trinajstić information content (AvgIpc) is 2.68. The van der Waals surface area contributed by atoms with Gasteiger partial charge in [0.1, 0.15) is 5.75 Å². The lowest BCUT2D eigenvalue weighted by Gasteiger charge is -2.19. The molecule has 5 heteroatoms. The number of carbonyl (C=O) groups is 2. The summed E-state index contributed by atoms with van der Waals surface area (Å²) in [7, 11) is 0. The zero-order valence-electron chi connectivity index (χ0n) is 14.4. The molecular weight excluding hydrogens is 328 g/mol. The molecule has 2 heterocycles. The van der Waals surface area contributed by atoms with Crippen molar-refractivity contribution in [1.29, 1.82) is 0 Å². The SMILES string of the molecule is O=C1C=CCCN1C(=O)/C=C/c1cccc(OCCc2cccnc2)c1. The summed E-state index contributed by atoms with van der Waals surface area (Å²) in [5.41, 5.74) is 1.96. The van der Waals surface area contributed by atoms with Gasteiger partial charge in [0.2, 0.25) is 0 Å². The van der Waals surface area contributed by atoms with Crippen LogP contribution in [0.4, 0.5) is 0 Å². The Morgan fingerprint density at radius 2 is 2.19 bits per heavy atom. The van der Waals surface area contributed by atoms with E-state index in [0.29, 0.717) is 19.6 Å². The van der Waals surface area contributed by atoms with Crippen LogP contribution in [0.2, 0.25) is 0 Å². The molecule has 0 N–H and O–H groups in total. The first-order valence-electron chi connectivity index (χ1n) is 8.54. The lowest BCUT2D eigenvalue weighted by atomic mass is 10.2. The van der Waals surface area contributed by atoms with Crippen molar-refractivity contribution in [2.45, 2.75) is 12.8 Å². The van der Waals surface area contributed by atoms with Gasteiger partial charge in [0.05, 0.1) is 6.61 Å². The fourth-order valence-electron chi connectivity index (χ4n) is 2.60. The highest BCUT2D eigenvalue weighted by atomic mass is 16.5. The van der Waals surface area contributed by atoms with Crippen molar-refractivity contribution in [3.05, 3.63) is 78.1 Å². The van der Waals surface area contributed by atoms with Gasteiger partial charge in [-0.3, -0.25) is 19.5 Å².